The lowest BCUT2D eigenvalue weighted by Gasteiger charge is -2.14. The fraction of sp³-hybridized carbons (Fsp3) is 0.412. The summed E-state index contributed by atoms with van der Waals surface area (Å²) in [7, 11) is 0. The molecule has 0 bridgehead atoms. The SMILES string of the molecule is CCOc1ccc(NC(=O)C(=O)NCCN2C(=O)CSC2=O)cc1OCC. The number of carbonyl (C=O) groups excluding carboxylic acids is 4. The summed E-state index contributed by atoms with van der Waals surface area (Å²) in [4.78, 5) is 47.9. The Labute approximate surface area is 160 Å². The van der Waals surface area contributed by atoms with Crippen LogP contribution in [-0.2, 0) is 14.4 Å². The number of imide groups is 1. The summed E-state index contributed by atoms with van der Waals surface area (Å²) >= 11 is 0.914. The summed E-state index contributed by atoms with van der Waals surface area (Å²) in [5.41, 5.74) is 0.378. The summed E-state index contributed by atoms with van der Waals surface area (Å²) in [6.45, 7) is 4.58. The van der Waals surface area contributed by atoms with Crippen LogP contribution >= 0.6 is 11.8 Å². The molecule has 0 unspecified atom stereocenters. The van der Waals surface area contributed by atoms with Gasteiger partial charge in [0, 0.05) is 24.8 Å². The Morgan fingerprint density at radius 3 is 2.44 bits per heavy atom. The van der Waals surface area contributed by atoms with E-state index in [1.54, 1.807) is 18.2 Å². The van der Waals surface area contributed by atoms with Gasteiger partial charge in [-0.15, -0.1) is 0 Å². The van der Waals surface area contributed by atoms with E-state index in [2.05, 4.69) is 10.6 Å². The third-order valence-corrected chi connectivity index (χ3v) is 4.33. The predicted octanol–water partition coefficient (Wildman–Crippen LogP) is 1.23. The minimum absolute atomic E-state index is 0.00222. The van der Waals surface area contributed by atoms with Crippen LogP contribution < -0.4 is 20.1 Å². The van der Waals surface area contributed by atoms with Crippen LogP contribution in [0.2, 0.25) is 0 Å². The van der Waals surface area contributed by atoms with Crippen molar-refractivity contribution in [2.24, 2.45) is 0 Å². The molecule has 1 aliphatic rings. The van der Waals surface area contributed by atoms with Gasteiger partial charge in [-0.2, -0.15) is 0 Å². The molecule has 0 saturated carbocycles. The second-order valence-electron chi connectivity index (χ2n) is 5.34. The zero-order valence-corrected chi connectivity index (χ0v) is 15.9. The summed E-state index contributed by atoms with van der Waals surface area (Å²) in [6, 6.07) is 4.81. The van der Waals surface area contributed by atoms with Gasteiger partial charge in [0.05, 0.1) is 19.0 Å². The number of thioether (sulfide) groups is 1. The normalized spacial score (nSPS) is 13.5. The molecular formula is C17H21N3O6S. The average Bonchev–Trinajstić information content (AvgIpc) is 2.96. The number of anilines is 1. The van der Waals surface area contributed by atoms with E-state index in [1.807, 2.05) is 13.8 Å². The lowest BCUT2D eigenvalue weighted by Crippen LogP contribution is -2.41. The standard InChI is InChI=1S/C17H21N3O6S/c1-3-25-12-6-5-11(9-13(12)26-4-2)19-16(23)15(22)18-7-8-20-14(21)10-27-17(20)24/h5-6,9H,3-4,7-8,10H2,1-2H3,(H,18,22)(H,19,23). The molecule has 0 aliphatic carbocycles. The van der Waals surface area contributed by atoms with Crippen LogP contribution in [0.15, 0.2) is 18.2 Å². The van der Waals surface area contributed by atoms with Crippen molar-refractivity contribution in [3.63, 3.8) is 0 Å². The first-order valence-corrected chi connectivity index (χ1v) is 9.40. The van der Waals surface area contributed by atoms with Gasteiger partial charge in [0.2, 0.25) is 5.91 Å². The maximum Gasteiger partial charge on any atom is 0.313 e. The van der Waals surface area contributed by atoms with Crippen molar-refractivity contribution >= 4 is 40.4 Å². The van der Waals surface area contributed by atoms with Crippen LogP contribution in [0.25, 0.3) is 0 Å². The van der Waals surface area contributed by atoms with Crippen LogP contribution in [0.3, 0.4) is 0 Å². The smallest absolute Gasteiger partial charge is 0.313 e. The second kappa shape index (κ2) is 9.81. The maximum atomic E-state index is 12.0. The predicted molar refractivity (Wildman–Crippen MR) is 100.0 cm³/mol. The highest BCUT2D eigenvalue weighted by molar-refractivity contribution is 8.14. The molecule has 9 nitrogen and oxygen atoms in total. The molecular weight excluding hydrogens is 374 g/mol. The Morgan fingerprint density at radius 2 is 1.81 bits per heavy atom. The molecule has 1 aromatic rings. The molecule has 4 amide bonds. The van der Waals surface area contributed by atoms with Gasteiger partial charge < -0.3 is 20.1 Å². The van der Waals surface area contributed by atoms with Crippen molar-refractivity contribution in [2.45, 2.75) is 13.8 Å². The number of benzene rings is 1. The molecule has 1 aromatic carbocycles. The van der Waals surface area contributed by atoms with E-state index in [1.165, 1.54) is 0 Å². The molecule has 146 valence electrons. The number of amides is 4. The number of ether oxygens (including phenoxy) is 2. The Hall–Kier alpha value is -2.75. The van der Waals surface area contributed by atoms with Crippen molar-refractivity contribution < 1.29 is 28.7 Å². The van der Waals surface area contributed by atoms with Gasteiger partial charge in [0.25, 0.3) is 5.24 Å². The minimum atomic E-state index is -0.867. The highest BCUT2D eigenvalue weighted by atomic mass is 32.2. The largest absolute Gasteiger partial charge is 0.490 e. The lowest BCUT2D eigenvalue weighted by molar-refractivity contribution is -0.136. The Morgan fingerprint density at radius 1 is 1.11 bits per heavy atom. The van der Waals surface area contributed by atoms with Crippen LogP contribution in [0.4, 0.5) is 10.5 Å². The molecule has 2 N–H and O–H groups in total. The molecule has 0 radical (unpaired) electrons. The van der Waals surface area contributed by atoms with Crippen LogP contribution in [0, 0.1) is 0 Å². The maximum absolute atomic E-state index is 12.0. The van der Waals surface area contributed by atoms with E-state index in [-0.39, 0.29) is 30.0 Å². The number of hydrogen-bond donors (Lipinski definition) is 2. The molecule has 0 atom stereocenters. The number of nitrogens with one attached hydrogen (secondary N) is 2. The van der Waals surface area contributed by atoms with Gasteiger partial charge in [-0.25, -0.2) is 0 Å². The molecule has 0 spiro atoms. The first kappa shape index (κ1) is 20.6. The first-order valence-electron chi connectivity index (χ1n) is 8.42. The minimum Gasteiger partial charge on any atom is -0.490 e. The fourth-order valence-corrected chi connectivity index (χ4v) is 3.03. The van der Waals surface area contributed by atoms with E-state index in [0.717, 1.165) is 16.7 Å². The summed E-state index contributed by atoms with van der Waals surface area (Å²) in [5, 5.41) is 4.50. The number of hydrogen-bond acceptors (Lipinski definition) is 7. The number of nitrogens with zero attached hydrogens (tertiary/aromatic N) is 1. The van der Waals surface area contributed by atoms with Crippen LogP contribution in [0.1, 0.15) is 13.8 Å². The molecule has 1 aliphatic heterocycles. The molecule has 10 heteroatoms. The van der Waals surface area contributed by atoms with Crippen molar-refractivity contribution in [1.82, 2.24) is 10.2 Å². The average molecular weight is 395 g/mol. The Bertz CT molecular complexity index is 723. The lowest BCUT2D eigenvalue weighted by atomic mass is 10.2. The molecule has 27 heavy (non-hydrogen) atoms. The Balaban J connectivity index is 1.88. The van der Waals surface area contributed by atoms with Gasteiger partial charge in [-0.1, -0.05) is 11.8 Å². The van der Waals surface area contributed by atoms with E-state index in [0.29, 0.717) is 30.4 Å². The Kier molecular flexibility index (Phi) is 7.47. The van der Waals surface area contributed by atoms with Crippen LogP contribution in [-0.4, -0.2) is 59.9 Å². The summed E-state index contributed by atoms with van der Waals surface area (Å²) in [6.07, 6.45) is 0. The van der Waals surface area contributed by atoms with Crippen molar-refractivity contribution in [2.75, 3.05) is 37.4 Å². The van der Waals surface area contributed by atoms with Gasteiger partial charge in [0.15, 0.2) is 11.5 Å². The van der Waals surface area contributed by atoms with E-state index in [9.17, 15) is 19.2 Å². The second-order valence-corrected chi connectivity index (χ2v) is 6.26. The first-order chi connectivity index (χ1) is 13.0. The highest BCUT2D eigenvalue weighted by Gasteiger charge is 2.29. The zero-order valence-electron chi connectivity index (χ0n) is 15.1. The topological polar surface area (TPSA) is 114 Å². The van der Waals surface area contributed by atoms with Crippen molar-refractivity contribution in [1.29, 1.82) is 0 Å². The monoisotopic (exact) mass is 395 g/mol. The van der Waals surface area contributed by atoms with E-state index < -0.39 is 11.8 Å². The number of carbonyl (C=O) groups is 4. The van der Waals surface area contributed by atoms with Gasteiger partial charge in [-0.3, -0.25) is 24.1 Å². The fourth-order valence-electron chi connectivity index (χ4n) is 2.28. The molecule has 1 fully saturated rings. The van der Waals surface area contributed by atoms with Crippen molar-refractivity contribution in [3.05, 3.63) is 18.2 Å². The third kappa shape index (κ3) is 5.61. The quantitative estimate of drug-likeness (QED) is 0.637. The summed E-state index contributed by atoms with van der Waals surface area (Å²) < 4.78 is 10.9. The summed E-state index contributed by atoms with van der Waals surface area (Å²) in [5.74, 6) is -0.932. The molecule has 1 saturated heterocycles. The molecule has 0 aromatic heterocycles. The van der Waals surface area contributed by atoms with Gasteiger partial charge in [0.1, 0.15) is 0 Å². The number of rotatable bonds is 8. The van der Waals surface area contributed by atoms with E-state index >= 15 is 0 Å². The van der Waals surface area contributed by atoms with Gasteiger partial charge in [-0.05, 0) is 26.0 Å². The van der Waals surface area contributed by atoms with Gasteiger partial charge >= 0.3 is 11.8 Å². The molecule has 2 rings (SSSR count). The highest BCUT2D eigenvalue weighted by Crippen LogP contribution is 2.30. The van der Waals surface area contributed by atoms with Crippen LogP contribution in [0.5, 0.6) is 11.5 Å². The van der Waals surface area contributed by atoms with Crippen molar-refractivity contribution in [3.8, 4) is 11.5 Å². The third-order valence-electron chi connectivity index (χ3n) is 3.47. The van der Waals surface area contributed by atoms with E-state index in [4.69, 9.17) is 9.47 Å². The zero-order chi connectivity index (χ0) is 19.8. The molecule has 1 heterocycles.